The van der Waals surface area contributed by atoms with E-state index in [1.165, 1.54) is 0 Å². The van der Waals surface area contributed by atoms with Gasteiger partial charge in [-0.1, -0.05) is 0 Å². The summed E-state index contributed by atoms with van der Waals surface area (Å²) in [5.74, 6) is -1.21. The zero-order valence-corrected chi connectivity index (χ0v) is 14.5. The lowest BCUT2D eigenvalue weighted by Gasteiger charge is -2.26. The van der Waals surface area contributed by atoms with Crippen LogP contribution in [0.1, 0.15) is 49.9 Å². The summed E-state index contributed by atoms with van der Waals surface area (Å²) < 4.78 is 0. The number of carboxylic acid groups (broad SMARTS) is 1. The van der Waals surface area contributed by atoms with Gasteiger partial charge in [0.05, 0.1) is 5.92 Å². The molecule has 0 aliphatic heterocycles. The van der Waals surface area contributed by atoms with Crippen LogP contribution < -0.4 is 16.0 Å². The number of benzene rings is 1. The molecule has 0 saturated heterocycles. The second kappa shape index (κ2) is 8.50. The van der Waals surface area contributed by atoms with Crippen molar-refractivity contribution in [3.8, 4) is 0 Å². The number of anilines is 1. The van der Waals surface area contributed by atoms with Crippen LogP contribution in [0.15, 0.2) is 24.3 Å². The Balaban J connectivity index is 1.81. The number of aliphatic carboxylic acids is 1. The molecule has 0 spiro atoms. The minimum atomic E-state index is -0.760. The van der Waals surface area contributed by atoms with Gasteiger partial charge in [0.25, 0.3) is 5.91 Å². The van der Waals surface area contributed by atoms with Gasteiger partial charge >= 0.3 is 12.0 Å². The van der Waals surface area contributed by atoms with Crippen molar-refractivity contribution < 1.29 is 19.5 Å². The van der Waals surface area contributed by atoms with Gasteiger partial charge < -0.3 is 21.1 Å². The molecule has 1 aliphatic rings. The lowest BCUT2D eigenvalue weighted by atomic mass is 9.86. The zero-order valence-electron chi connectivity index (χ0n) is 14.5. The van der Waals surface area contributed by atoms with Gasteiger partial charge in [0.2, 0.25) is 0 Å². The van der Waals surface area contributed by atoms with Gasteiger partial charge in [-0.3, -0.25) is 9.59 Å². The predicted molar refractivity (Wildman–Crippen MR) is 94.6 cm³/mol. The molecule has 1 saturated carbocycles. The molecule has 136 valence electrons. The molecule has 0 aromatic heterocycles. The molecule has 0 heterocycles. The van der Waals surface area contributed by atoms with E-state index in [0.29, 0.717) is 36.9 Å². The Bertz CT molecular complexity index is 620. The van der Waals surface area contributed by atoms with Crippen LogP contribution in [0.2, 0.25) is 0 Å². The third-order valence-electron chi connectivity index (χ3n) is 4.24. The van der Waals surface area contributed by atoms with Gasteiger partial charge in [-0.2, -0.15) is 0 Å². The molecule has 4 N–H and O–H groups in total. The van der Waals surface area contributed by atoms with Gasteiger partial charge in [-0.05, 0) is 63.8 Å². The van der Waals surface area contributed by atoms with Crippen molar-refractivity contribution in [3.63, 3.8) is 0 Å². The highest BCUT2D eigenvalue weighted by Gasteiger charge is 2.26. The van der Waals surface area contributed by atoms with Crippen molar-refractivity contribution in [2.24, 2.45) is 5.92 Å². The third-order valence-corrected chi connectivity index (χ3v) is 4.24. The predicted octanol–water partition coefficient (Wildman–Crippen LogP) is 2.59. The molecule has 0 radical (unpaired) electrons. The number of carbonyl (C=O) groups excluding carboxylic acids is 2. The van der Waals surface area contributed by atoms with Crippen molar-refractivity contribution >= 4 is 23.6 Å². The van der Waals surface area contributed by atoms with Crippen LogP contribution in [0.3, 0.4) is 0 Å². The fraction of sp³-hybridized carbons (Fsp3) is 0.500. The SMILES string of the molecule is CC(C)NC(=O)c1ccc(NC(=O)NC2CCC(C(=O)O)CC2)cc1. The van der Waals surface area contributed by atoms with Crippen LogP contribution in [0.5, 0.6) is 0 Å². The van der Waals surface area contributed by atoms with E-state index in [1.807, 2.05) is 13.8 Å². The summed E-state index contributed by atoms with van der Waals surface area (Å²) in [4.78, 5) is 34.8. The number of carbonyl (C=O) groups is 3. The Morgan fingerprint density at radius 3 is 2.16 bits per heavy atom. The third kappa shape index (κ3) is 5.77. The first kappa shape index (κ1) is 18.8. The molecular formula is C18H25N3O4. The van der Waals surface area contributed by atoms with Crippen LogP contribution in [0.25, 0.3) is 0 Å². The fourth-order valence-corrected chi connectivity index (χ4v) is 2.89. The number of carboxylic acids is 1. The van der Waals surface area contributed by atoms with Gasteiger partial charge in [-0.15, -0.1) is 0 Å². The van der Waals surface area contributed by atoms with E-state index < -0.39 is 5.97 Å². The normalized spacial score (nSPS) is 20.0. The fourth-order valence-electron chi connectivity index (χ4n) is 2.89. The Labute approximate surface area is 147 Å². The first-order valence-corrected chi connectivity index (χ1v) is 8.56. The maximum Gasteiger partial charge on any atom is 0.319 e. The van der Waals surface area contributed by atoms with E-state index in [4.69, 9.17) is 5.11 Å². The smallest absolute Gasteiger partial charge is 0.319 e. The van der Waals surface area contributed by atoms with Crippen molar-refractivity contribution in [1.29, 1.82) is 0 Å². The van der Waals surface area contributed by atoms with Crippen molar-refractivity contribution in [2.75, 3.05) is 5.32 Å². The van der Waals surface area contributed by atoms with Gasteiger partial charge in [0, 0.05) is 23.3 Å². The molecular weight excluding hydrogens is 322 g/mol. The van der Waals surface area contributed by atoms with Crippen LogP contribution in [0, 0.1) is 5.92 Å². The minimum absolute atomic E-state index is 0.00769. The second-order valence-electron chi connectivity index (χ2n) is 6.69. The van der Waals surface area contributed by atoms with E-state index in [9.17, 15) is 14.4 Å². The number of urea groups is 1. The van der Waals surface area contributed by atoms with Crippen molar-refractivity contribution in [1.82, 2.24) is 10.6 Å². The molecule has 2 rings (SSSR count). The second-order valence-corrected chi connectivity index (χ2v) is 6.69. The average molecular weight is 347 g/mol. The van der Waals surface area contributed by atoms with Crippen molar-refractivity contribution in [2.45, 2.75) is 51.6 Å². The first-order valence-electron chi connectivity index (χ1n) is 8.56. The summed E-state index contributed by atoms with van der Waals surface area (Å²) in [5, 5.41) is 17.4. The molecule has 7 nitrogen and oxygen atoms in total. The highest BCUT2D eigenvalue weighted by Crippen LogP contribution is 2.24. The van der Waals surface area contributed by atoms with Crippen molar-refractivity contribution in [3.05, 3.63) is 29.8 Å². The van der Waals surface area contributed by atoms with Gasteiger partial charge in [-0.25, -0.2) is 4.79 Å². The van der Waals surface area contributed by atoms with Crippen LogP contribution in [-0.2, 0) is 4.79 Å². The standard InChI is InChI=1S/C18H25N3O4/c1-11(2)19-16(22)12-3-7-14(8-4-12)20-18(25)21-15-9-5-13(6-10-15)17(23)24/h3-4,7-8,11,13,15H,5-6,9-10H2,1-2H3,(H,19,22)(H,23,24)(H2,20,21,25). The highest BCUT2D eigenvalue weighted by atomic mass is 16.4. The molecule has 3 amide bonds. The Morgan fingerprint density at radius 2 is 1.64 bits per heavy atom. The largest absolute Gasteiger partial charge is 0.481 e. The molecule has 0 unspecified atom stereocenters. The molecule has 1 aromatic rings. The number of hydrogen-bond acceptors (Lipinski definition) is 3. The lowest BCUT2D eigenvalue weighted by Crippen LogP contribution is -2.41. The molecule has 7 heteroatoms. The van der Waals surface area contributed by atoms with Crippen LogP contribution in [-0.4, -0.2) is 35.1 Å². The molecule has 0 atom stereocenters. The molecule has 1 fully saturated rings. The molecule has 1 aliphatic carbocycles. The van der Waals surface area contributed by atoms with Gasteiger partial charge in [0.15, 0.2) is 0 Å². The number of nitrogens with one attached hydrogen (secondary N) is 3. The minimum Gasteiger partial charge on any atom is -0.481 e. The quantitative estimate of drug-likeness (QED) is 0.656. The molecule has 25 heavy (non-hydrogen) atoms. The summed E-state index contributed by atoms with van der Waals surface area (Å²) >= 11 is 0. The van der Waals surface area contributed by atoms with Crippen LogP contribution >= 0.6 is 0 Å². The average Bonchev–Trinajstić information content (AvgIpc) is 2.55. The topological polar surface area (TPSA) is 108 Å². The summed E-state index contributed by atoms with van der Waals surface area (Å²) in [6.45, 7) is 3.78. The Kier molecular flexibility index (Phi) is 6.38. The van der Waals surface area contributed by atoms with Crippen LogP contribution in [0.4, 0.5) is 10.5 Å². The maximum atomic E-state index is 12.0. The number of hydrogen-bond donors (Lipinski definition) is 4. The summed E-state index contributed by atoms with van der Waals surface area (Å²) in [6.07, 6.45) is 2.50. The van der Waals surface area contributed by atoms with E-state index in [0.717, 1.165) is 0 Å². The Hall–Kier alpha value is -2.57. The summed E-state index contributed by atoms with van der Waals surface area (Å²) in [7, 11) is 0. The first-order chi connectivity index (χ1) is 11.8. The highest BCUT2D eigenvalue weighted by molar-refractivity contribution is 5.95. The van der Waals surface area contributed by atoms with E-state index in [2.05, 4.69) is 16.0 Å². The van der Waals surface area contributed by atoms with E-state index in [1.54, 1.807) is 24.3 Å². The molecule has 1 aromatic carbocycles. The van der Waals surface area contributed by atoms with Gasteiger partial charge in [0.1, 0.15) is 0 Å². The van der Waals surface area contributed by atoms with E-state index >= 15 is 0 Å². The number of amides is 3. The van der Waals surface area contributed by atoms with E-state index in [-0.39, 0.29) is 29.9 Å². The number of rotatable bonds is 5. The zero-order chi connectivity index (χ0) is 18.4. The molecule has 0 bridgehead atoms. The Morgan fingerprint density at radius 1 is 1.04 bits per heavy atom. The summed E-state index contributed by atoms with van der Waals surface area (Å²) in [5.41, 5.74) is 1.13. The lowest BCUT2D eigenvalue weighted by molar-refractivity contribution is -0.142. The summed E-state index contributed by atoms with van der Waals surface area (Å²) in [6, 6.07) is 6.40. The monoisotopic (exact) mass is 347 g/mol. The maximum absolute atomic E-state index is 12.0.